The molecule has 0 aliphatic rings. The van der Waals surface area contributed by atoms with E-state index in [9.17, 15) is 5.11 Å². The Labute approximate surface area is 109 Å². The first kappa shape index (κ1) is 14.6. The molecule has 0 radical (unpaired) electrons. The van der Waals surface area contributed by atoms with Crippen LogP contribution < -0.4 is 0 Å². The Morgan fingerprint density at radius 3 is 2.76 bits per heavy atom. The highest BCUT2D eigenvalue weighted by Crippen LogP contribution is 2.12. The second-order valence-corrected chi connectivity index (χ2v) is 5.53. The van der Waals surface area contributed by atoms with Gasteiger partial charge in [-0.3, -0.25) is 4.68 Å². The summed E-state index contributed by atoms with van der Waals surface area (Å²) in [7, 11) is 0. The molecule has 1 N–H and O–H groups in total. The Morgan fingerprint density at radius 1 is 1.41 bits per heavy atom. The Kier molecular flexibility index (Phi) is 6.66. The number of hydrogen-bond acceptors (Lipinski definition) is 3. The fourth-order valence-electron chi connectivity index (χ4n) is 1.83. The van der Waals surface area contributed by atoms with Crippen LogP contribution in [0.15, 0.2) is 6.07 Å². The molecule has 0 bridgehead atoms. The van der Waals surface area contributed by atoms with Crippen LogP contribution in [0.25, 0.3) is 0 Å². The molecule has 4 heteroatoms. The zero-order valence-electron chi connectivity index (χ0n) is 11.1. The lowest BCUT2D eigenvalue weighted by Gasteiger charge is -2.10. The summed E-state index contributed by atoms with van der Waals surface area (Å²) < 4.78 is 2.01. The smallest absolute Gasteiger partial charge is 0.0624 e. The largest absolute Gasteiger partial charge is 0.393 e. The van der Waals surface area contributed by atoms with E-state index >= 15 is 0 Å². The standard InChI is InChI=1S/C13H24N2OS/c1-4-11-9-12(15(5-2)14-11)10-13(16)7-8-17-6-3/h9,13,16H,4-8,10H2,1-3H3. The summed E-state index contributed by atoms with van der Waals surface area (Å²) >= 11 is 1.88. The topological polar surface area (TPSA) is 38.1 Å². The summed E-state index contributed by atoms with van der Waals surface area (Å²) in [5, 5.41) is 14.5. The predicted molar refractivity (Wildman–Crippen MR) is 74.6 cm³/mol. The van der Waals surface area contributed by atoms with E-state index in [0.717, 1.165) is 43.0 Å². The quantitative estimate of drug-likeness (QED) is 0.726. The summed E-state index contributed by atoms with van der Waals surface area (Å²) in [6.45, 7) is 7.23. The molecule has 0 spiro atoms. The summed E-state index contributed by atoms with van der Waals surface area (Å²) in [4.78, 5) is 0. The van der Waals surface area contributed by atoms with Crippen molar-refractivity contribution in [2.24, 2.45) is 0 Å². The van der Waals surface area contributed by atoms with Crippen LogP contribution >= 0.6 is 11.8 Å². The molecule has 0 saturated carbocycles. The first-order chi connectivity index (χ1) is 8.21. The highest BCUT2D eigenvalue weighted by molar-refractivity contribution is 7.99. The molecule has 98 valence electrons. The van der Waals surface area contributed by atoms with Crippen LogP contribution in [-0.4, -0.2) is 32.5 Å². The molecule has 1 rings (SSSR count). The third-order valence-corrected chi connectivity index (χ3v) is 3.75. The molecule has 1 unspecified atom stereocenters. The van der Waals surface area contributed by atoms with E-state index in [1.165, 1.54) is 5.69 Å². The minimum absolute atomic E-state index is 0.235. The normalized spacial score (nSPS) is 12.9. The fourth-order valence-corrected chi connectivity index (χ4v) is 2.56. The fraction of sp³-hybridized carbons (Fsp3) is 0.769. The molecule has 0 aliphatic heterocycles. The number of aromatic nitrogens is 2. The molecule has 0 saturated heterocycles. The molecule has 3 nitrogen and oxygen atoms in total. The van der Waals surface area contributed by atoms with Crippen LogP contribution in [0.4, 0.5) is 0 Å². The monoisotopic (exact) mass is 256 g/mol. The van der Waals surface area contributed by atoms with Gasteiger partial charge in [0.2, 0.25) is 0 Å². The van der Waals surface area contributed by atoms with Crippen molar-refractivity contribution >= 4 is 11.8 Å². The van der Waals surface area contributed by atoms with Gasteiger partial charge in [-0.15, -0.1) is 0 Å². The van der Waals surface area contributed by atoms with Crippen LogP contribution in [0.3, 0.4) is 0 Å². The number of thioether (sulfide) groups is 1. The Balaban J connectivity index is 2.51. The molecule has 0 amide bonds. The van der Waals surface area contributed by atoms with Crippen molar-refractivity contribution < 1.29 is 5.11 Å². The van der Waals surface area contributed by atoms with Crippen LogP contribution in [0.2, 0.25) is 0 Å². The van der Waals surface area contributed by atoms with Crippen molar-refractivity contribution in [1.82, 2.24) is 9.78 Å². The molecule has 1 aromatic heterocycles. The summed E-state index contributed by atoms with van der Waals surface area (Å²) in [6.07, 6.45) is 2.32. The average Bonchev–Trinajstić information content (AvgIpc) is 2.71. The molecule has 17 heavy (non-hydrogen) atoms. The number of aliphatic hydroxyl groups is 1. The van der Waals surface area contributed by atoms with Gasteiger partial charge >= 0.3 is 0 Å². The van der Waals surface area contributed by atoms with E-state index in [1.807, 2.05) is 16.4 Å². The summed E-state index contributed by atoms with van der Waals surface area (Å²) in [6, 6.07) is 2.12. The highest BCUT2D eigenvalue weighted by Gasteiger charge is 2.11. The second kappa shape index (κ2) is 7.77. The van der Waals surface area contributed by atoms with Gasteiger partial charge in [0.1, 0.15) is 0 Å². The zero-order chi connectivity index (χ0) is 12.7. The van der Waals surface area contributed by atoms with Crippen molar-refractivity contribution in [2.45, 2.75) is 52.7 Å². The Bertz CT molecular complexity index is 325. The van der Waals surface area contributed by atoms with Gasteiger partial charge in [0, 0.05) is 18.7 Å². The van der Waals surface area contributed by atoms with Crippen molar-refractivity contribution in [3.05, 3.63) is 17.5 Å². The first-order valence-corrected chi connectivity index (χ1v) is 7.68. The average molecular weight is 256 g/mol. The number of nitrogens with zero attached hydrogens (tertiary/aromatic N) is 2. The van der Waals surface area contributed by atoms with E-state index in [1.54, 1.807) is 0 Å². The lowest BCUT2D eigenvalue weighted by molar-refractivity contribution is 0.169. The molecular formula is C13H24N2OS. The molecule has 0 fully saturated rings. The number of rotatable bonds is 8. The predicted octanol–water partition coefficient (Wildman–Crippen LogP) is 2.51. The molecule has 1 heterocycles. The van der Waals surface area contributed by atoms with E-state index in [2.05, 4.69) is 31.9 Å². The molecule has 1 atom stereocenters. The van der Waals surface area contributed by atoms with Crippen molar-refractivity contribution in [1.29, 1.82) is 0 Å². The maximum atomic E-state index is 9.98. The highest BCUT2D eigenvalue weighted by atomic mass is 32.2. The number of aliphatic hydroxyl groups excluding tert-OH is 1. The van der Waals surface area contributed by atoms with Gasteiger partial charge in [0.05, 0.1) is 11.8 Å². The van der Waals surface area contributed by atoms with Gasteiger partial charge in [-0.2, -0.15) is 16.9 Å². The minimum atomic E-state index is -0.235. The number of hydrogen-bond donors (Lipinski definition) is 1. The van der Waals surface area contributed by atoms with Gasteiger partial charge in [-0.25, -0.2) is 0 Å². The summed E-state index contributed by atoms with van der Waals surface area (Å²) in [5.41, 5.74) is 2.29. The second-order valence-electron chi connectivity index (χ2n) is 4.14. The van der Waals surface area contributed by atoms with Crippen LogP contribution in [0.5, 0.6) is 0 Å². The number of aryl methyl sites for hydroxylation is 2. The third-order valence-electron chi connectivity index (χ3n) is 2.82. The van der Waals surface area contributed by atoms with Gasteiger partial charge in [0.15, 0.2) is 0 Å². The van der Waals surface area contributed by atoms with Crippen LogP contribution in [0.1, 0.15) is 38.6 Å². The van der Waals surface area contributed by atoms with Crippen LogP contribution in [0, 0.1) is 0 Å². The maximum absolute atomic E-state index is 9.98. The van der Waals surface area contributed by atoms with Gasteiger partial charge in [-0.1, -0.05) is 13.8 Å². The lowest BCUT2D eigenvalue weighted by atomic mass is 10.1. The molecule has 0 aliphatic carbocycles. The van der Waals surface area contributed by atoms with Crippen molar-refractivity contribution in [3.8, 4) is 0 Å². The van der Waals surface area contributed by atoms with Crippen molar-refractivity contribution in [2.75, 3.05) is 11.5 Å². The van der Waals surface area contributed by atoms with Gasteiger partial charge in [-0.05, 0) is 37.3 Å². The minimum Gasteiger partial charge on any atom is -0.393 e. The maximum Gasteiger partial charge on any atom is 0.0624 e. The van der Waals surface area contributed by atoms with Gasteiger partial charge in [0.25, 0.3) is 0 Å². The van der Waals surface area contributed by atoms with E-state index < -0.39 is 0 Å². The molecular weight excluding hydrogens is 232 g/mol. The first-order valence-electron chi connectivity index (χ1n) is 6.52. The molecule has 0 aromatic carbocycles. The van der Waals surface area contributed by atoms with Gasteiger partial charge < -0.3 is 5.11 Å². The Hall–Kier alpha value is -0.480. The van der Waals surface area contributed by atoms with Crippen molar-refractivity contribution in [3.63, 3.8) is 0 Å². The lowest BCUT2D eigenvalue weighted by Crippen LogP contribution is -2.15. The van der Waals surface area contributed by atoms with E-state index in [0.29, 0.717) is 0 Å². The SMILES string of the molecule is CCSCCC(O)Cc1cc(CC)nn1CC. The summed E-state index contributed by atoms with van der Waals surface area (Å²) in [5.74, 6) is 2.16. The van der Waals surface area contributed by atoms with Crippen LogP contribution in [-0.2, 0) is 19.4 Å². The zero-order valence-corrected chi connectivity index (χ0v) is 12.0. The van der Waals surface area contributed by atoms with E-state index in [4.69, 9.17) is 0 Å². The Morgan fingerprint density at radius 2 is 2.18 bits per heavy atom. The van der Waals surface area contributed by atoms with E-state index in [-0.39, 0.29) is 6.10 Å². The third kappa shape index (κ3) is 4.72. The molecule has 1 aromatic rings.